The van der Waals surface area contributed by atoms with Crippen LogP contribution in [0.3, 0.4) is 0 Å². The fourth-order valence-electron chi connectivity index (χ4n) is 1.38. The molecule has 0 unspecified atom stereocenters. The molecular weight excluding hydrogens is 220 g/mol. The van der Waals surface area contributed by atoms with Crippen LogP contribution in [0.25, 0.3) is 0 Å². The van der Waals surface area contributed by atoms with Gasteiger partial charge in [-0.15, -0.1) is 0 Å². The summed E-state index contributed by atoms with van der Waals surface area (Å²) in [5.41, 5.74) is 0.814. The third-order valence-electron chi connectivity index (χ3n) is 2.16. The predicted molar refractivity (Wildman–Crippen MR) is 64.6 cm³/mol. The summed E-state index contributed by atoms with van der Waals surface area (Å²) in [6.07, 6.45) is 1.00. The van der Waals surface area contributed by atoms with Crippen LogP contribution >= 0.6 is 0 Å². The lowest BCUT2D eigenvalue weighted by molar-refractivity contribution is 0.112. The second kappa shape index (κ2) is 8.22. The first kappa shape index (κ1) is 14.2. The molecule has 1 rings (SSSR count). The number of aromatic nitrogens is 1. The maximum absolute atomic E-state index is 5.49. The fourth-order valence-corrected chi connectivity index (χ4v) is 1.38. The van der Waals surface area contributed by atoms with Gasteiger partial charge in [-0.25, -0.2) is 0 Å². The summed E-state index contributed by atoms with van der Waals surface area (Å²) in [6, 6.07) is 2.39. The van der Waals surface area contributed by atoms with E-state index in [1.807, 2.05) is 6.07 Å². The molecule has 17 heavy (non-hydrogen) atoms. The van der Waals surface area contributed by atoms with Crippen LogP contribution in [0.1, 0.15) is 31.7 Å². The average Bonchev–Trinajstić information content (AvgIpc) is 2.71. The van der Waals surface area contributed by atoms with Gasteiger partial charge in [0, 0.05) is 25.8 Å². The molecule has 98 valence electrons. The van der Waals surface area contributed by atoms with Crippen molar-refractivity contribution in [3.05, 3.63) is 17.5 Å². The van der Waals surface area contributed by atoms with Gasteiger partial charge in [-0.1, -0.05) is 19.0 Å². The number of hydrogen-bond acceptors (Lipinski definition) is 5. The van der Waals surface area contributed by atoms with Crippen LogP contribution in [0, 0.1) is 0 Å². The Bertz CT molecular complexity index is 300. The van der Waals surface area contributed by atoms with E-state index in [4.69, 9.17) is 14.0 Å². The molecule has 0 atom stereocenters. The van der Waals surface area contributed by atoms with Crippen molar-refractivity contribution >= 4 is 0 Å². The summed E-state index contributed by atoms with van der Waals surface area (Å²) >= 11 is 0. The zero-order chi connectivity index (χ0) is 12.5. The van der Waals surface area contributed by atoms with E-state index in [0.717, 1.165) is 31.0 Å². The molecule has 0 bridgehead atoms. The third kappa shape index (κ3) is 6.41. The molecule has 0 saturated carbocycles. The molecule has 5 heteroatoms. The summed E-state index contributed by atoms with van der Waals surface area (Å²) in [7, 11) is 1.63. The monoisotopic (exact) mass is 242 g/mol. The highest BCUT2D eigenvalue weighted by molar-refractivity contribution is 5.03. The summed E-state index contributed by atoms with van der Waals surface area (Å²) in [5, 5.41) is 7.22. The van der Waals surface area contributed by atoms with Gasteiger partial charge in [0.1, 0.15) is 12.3 Å². The lowest BCUT2D eigenvalue weighted by Gasteiger charge is -2.07. The molecule has 1 heterocycles. The molecule has 0 spiro atoms. The second-order valence-electron chi connectivity index (χ2n) is 4.23. The zero-order valence-electron chi connectivity index (χ0n) is 10.9. The Morgan fingerprint density at radius 3 is 2.94 bits per heavy atom. The van der Waals surface area contributed by atoms with E-state index in [-0.39, 0.29) is 0 Å². The van der Waals surface area contributed by atoms with E-state index in [0.29, 0.717) is 19.3 Å². The lowest BCUT2D eigenvalue weighted by Crippen LogP contribution is -2.24. The predicted octanol–water partition coefficient (Wildman–Crippen LogP) is 1.73. The lowest BCUT2D eigenvalue weighted by atomic mass is 10.3. The van der Waals surface area contributed by atoms with Crippen molar-refractivity contribution in [2.75, 3.05) is 20.3 Å². The smallest absolute Gasteiger partial charge is 0.162 e. The highest BCUT2D eigenvalue weighted by Crippen LogP contribution is 2.05. The van der Waals surface area contributed by atoms with E-state index >= 15 is 0 Å². The van der Waals surface area contributed by atoms with Crippen molar-refractivity contribution in [3.8, 4) is 0 Å². The van der Waals surface area contributed by atoms with E-state index in [1.165, 1.54) is 0 Å². The molecule has 0 radical (unpaired) electrons. The molecule has 0 aliphatic carbocycles. The number of hydrogen-bond donors (Lipinski definition) is 1. The van der Waals surface area contributed by atoms with E-state index in [1.54, 1.807) is 7.11 Å². The average molecular weight is 242 g/mol. The summed E-state index contributed by atoms with van der Waals surface area (Å²) in [6.45, 7) is 6.92. The minimum Gasteiger partial charge on any atom is -0.377 e. The van der Waals surface area contributed by atoms with Crippen LogP contribution < -0.4 is 5.32 Å². The molecule has 5 nitrogen and oxygen atoms in total. The van der Waals surface area contributed by atoms with Crippen molar-refractivity contribution in [3.63, 3.8) is 0 Å². The van der Waals surface area contributed by atoms with Gasteiger partial charge in [-0.05, 0) is 13.0 Å². The first-order valence-electron chi connectivity index (χ1n) is 5.97. The molecular formula is C12H22N2O3. The van der Waals surface area contributed by atoms with Crippen LogP contribution in [0.4, 0.5) is 0 Å². The standard InChI is InChI=1S/C12H22N2O3/c1-10(2)13-5-4-6-16-8-11-7-12(9-15-3)17-14-11/h7,10,13H,4-6,8-9H2,1-3H3. The molecule has 0 aliphatic rings. The Balaban J connectivity index is 2.05. The molecule has 1 N–H and O–H groups in total. The molecule has 0 saturated heterocycles. The van der Waals surface area contributed by atoms with Gasteiger partial charge in [-0.2, -0.15) is 0 Å². The van der Waals surface area contributed by atoms with Crippen molar-refractivity contribution < 1.29 is 14.0 Å². The third-order valence-corrected chi connectivity index (χ3v) is 2.16. The molecule has 0 fully saturated rings. The number of rotatable bonds is 9. The Morgan fingerprint density at radius 1 is 1.41 bits per heavy atom. The van der Waals surface area contributed by atoms with Crippen LogP contribution in [-0.2, 0) is 22.7 Å². The van der Waals surface area contributed by atoms with Crippen LogP contribution in [0.2, 0.25) is 0 Å². The number of methoxy groups -OCH3 is 1. The normalized spacial score (nSPS) is 11.3. The number of nitrogens with one attached hydrogen (secondary N) is 1. The van der Waals surface area contributed by atoms with Gasteiger partial charge in [-0.3, -0.25) is 0 Å². The van der Waals surface area contributed by atoms with E-state index in [2.05, 4.69) is 24.3 Å². The van der Waals surface area contributed by atoms with Crippen molar-refractivity contribution in [2.45, 2.75) is 39.5 Å². The number of ether oxygens (including phenoxy) is 2. The highest BCUT2D eigenvalue weighted by atomic mass is 16.5. The molecule has 0 aliphatic heterocycles. The van der Waals surface area contributed by atoms with Crippen LogP contribution in [0.5, 0.6) is 0 Å². The Morgan fingerprint density at radius 2 is 2.24 bits per heavy atom. The molecule has 0 aromatic carbocycles. The summed E-state index contributed by atoms with van der Waals surface area (Å²) in [5.74, 6) is 0.729. The maximum Gasteiger partial charge on any atom is 0.162 e. The van der Waals surface area contributed by atoms with E-state index in [9.17, 15) is 0 Å². The minimum absolute atomic E-state index is 0.450. The largest absolute Gasteiger partial charge is 0.377 e. The van der Waals surface area contributed by atoms with Gasteiger partial charge >= 0.3 is 0 Å². The van der Waals surface area contributed by atoms with Gasteiger partial charge in [0.2, 0.25) is 0 Å². The van der Waals surface area contributed by atoms with Gasteiger partial charge in [0.25, 0.3) is 0 Å². The van der Waals surface area contributed by atoms with Gasteiger partial charge < -0.3 is 19.3 Å². The Kier molecular flexibility index (Phi) is 6.84. The van der Waals surface area contributed by atoms with Crippen molar-refractivity contribution in [2.24, 2.45) is 0 Å². The maximum atomic E-state index is 5.49. The quantitative estimate of drug-likeness (QED) is 0.668. The van der Waals surface area contributed by atoms with Gasteiger partial charge in [0.15, 0.2) is 5.76 Å². The zero-order valence-corrected chi connectivity index (χ0v) is 10.9. The molecule has 1 aromatic heterocycles. The Labute approximate surface area is 102 Å². The number of nitrogens with zero attached hydrogens (tertiary/aromatic N) is 1. The molecule has 0 amide bonds. The van der Waals surface area contributed by atoms with E-state index < -0.39 is 0 Å². The minimum atomic E-state index is 0.450. The molecule has 1 aromatic rings. The van der Waals surface area contributed by atoms with Crippen LogP contribution in [0.15, 0.2) is 10.6 Å². The van der Waals surface area contributed by atoms with Crippen molar-refractivity contribution in [1.82, 2.24) is 10.5 Å². The SMILES string of the molecule is COCc1cc(COCCCNC(C)C)no1. The second-order valence-corrected chi connectivity index (χ2v) is 4.23. The first-order chi connectivity index (χ1) is 8.22. The Hall–Kier alpha value is -0.910. The first-order valence-corrected chi connectivity index (χ1v) is 5.97. The van der Waals surface area contributed by atoms with Gasteiger partial charge in [0.05, 0.1) is 6.61 Å². The van der Waals surface area contributed by atoms with Crippen LogP contribution in [-0.4, -0.2) is 31.5 Å². The summed E-state index contributed by atoms with van der Waals surface area (Å²) < 4.78 is 15.5. The van der Waals surface area contributed by atoms with Crippen molar-refractivity contribution in [1.29, 1.82) is 0 Å². The highest BCUT2D eigenvalue weighted by Gasteiger charge is 2.03. The fraction of sp³-hybridized carbons (Fsp3) is 0.750. The summed E-state index contributed by atoms with van der Waals surface area (Å²) in [4.78, 5) is 0. The topological polar surface area (TPSA) is 56.5 Å².